The highest BCUT2D eigenvalue weighted by Crippen LogP contribution is 2.52. The lowest BCUT2D eigenvalue weighted by atomic mass is 9.59. The molecule has 2 aromatic heterocycles. The van der Waals surface area contributed by atoms with Gasteiger partial charge in [-0.15, -0.1) is 0 Å². The van der Waals surface area contributed by atoms with Crippen LogP contribution in [0.15, 0.2) is 85.5 Å². The quantitative estimate of drug-likeness (QED) is 0.121. The number of nitrogens with zero attached hydrogens (tertiary/aromatic N) is 7. The van der Waals surface area contributed by atoms with Gasteiger partial charge >= 0.3 is 0 Å². The Morgan fingerprint density at radius 3 is 2.31 bits per heavy atom. The molecule has 2 saturated carbocycles. The number of imide groups is 2. The third-order valence-electron chi connectivity index (χ3n) is 15.5. The molecule has 0 radical (unpaired) electrons. The molecule has 6 heterocycles. The Labute approximate surface area is 393 Å². The second-order valence-electron chi connectivity index (χ2n) is 19.6. The molecule has 5 fully saturated rings. The zero-order chi connectivity index (χ0) is 46.5. The summed E-state index contributed by atoms with van der Waals surface area (Å²) >= 11 is 0. The molecule has 17 nitrogen and oxygen atoms in total. The van der Waals surface area contributed by atoms with Crippen molar-refractivity contribution in [1.82, 2.24) is 44.9 Å². The summed E-state index contributed by atoms with van der Waals surface area (Å²) in [5, 5.41) is 12.0. The van der Waals surface area contributed by atoms with E-state index in [2.05, 4.69) is 65.0 Å². The zero-order valence-electron chi connectivity index (χ0n) is 37.9. The predicted molar refractivity (Wildman–Crippen MR) is 252 cm³/mol. The van der Waals surface area contributed by atoms with Gasteiger partial charge in [0, 0.05) is 49.0 Å². The first-order chi connectivity index (χ1) is 33.1. The minimum Gasteiger partial charge on any atom is -0.375 e. The van der Waals surface area contributed by atoms with Gasteiger partial charge in [0.2, 0.25) is 23.6 Å². The van der Waals surface area contributed by atoms with E-state index in [1.807, 2.05) is 41.6 Å². The summed E-state index contributed by atoms with van der Waals surface area (Å²) in [5.41, 5.74) is 5.80. The van der Waals surface area contributed by atoms with Gasteiger partial charge in [0.05, 0.1) is 30.4 Å². The second-order valence-corrected chi connectivity index (χ2v) is 19.6. The van der Waals surface area contributed by atoms with Crippen LogP contribution >= 0.6 is 0 Å². The Bertz CT molecular complexity index is 2780. The third-order valence-corrected chi connectivity index (χ3v) is 15.5. The van der Waals surface area contributed by atoms with Gasteiger partial charge in [-0.3, -0.25) is 39.0 Å². The molecule has 5 aromatic rings. The van der Waals surface area contributed by atoms with Gasteiger partial charge in [-0.25, -0.2) is 15.0 Å². The molecule has 6 aliphatic rings. The van der Waals surface area contributed by atoms with E-state index in [4.69, 9.17) is 4.98 Å². The Kier molecular flexibility index (Phi) is 11.5. The van der Waals surface area contributed by atoms with Gasteiger partial charge in [-0.2, -0.15) is 0 Å². The number of piperidine rings is 3. The van der Waals surface area contributed by atoms with Gasteiger partial charge in [-0.05, 0) is 118 Å². The van der Waals surface area contributed by atoms with Crippen LogP contribution in [-0.4, -0.2) is 121 Å². The maximum Gasteiger partial charge on any atom is 0.264 e. The van der Waals surface area contributed by atoms with Crippen LogP contribution in [0.3, 0.4) is 0 Å². The predicted octanol–water partition coefficient (Wildman–Crippen LogP) is 5.10. The highest BCUT2D eigenvalue weighted by Gasteiger charge is 2.49. The van der Waals surface area contributed by atoms with Crippen molar-refractivity contribution in [2.75, 3.05) is 43.4 Å². The number of carbonyl (C=O) groups is 6. The number of benzene rings is 3. The van der Waals surface area contributed by atoms with E-state index in [1.165, 1.54) is 5.56 Å². The van der Waals surface area contributed by atoms with Crippen LogP contribution in [0, 0.1) is 5.41 Å². The van der Waals surface area contributed by atoms with E-state index < -0.39 is 29.7 Å². The van der Waals surface area contributed by atoms with Crippen LogP contribution in [0.25, 0.3) is 11.2 Å². The zero-order valence-corrected chi connectivity index (χ0v) is 37.9. The number of nitrogens with one attached hydrogen (secondary N) is 4. The average molecular weight is 918 g/mol. The summed E-state index contributed by atoms with van der Waals surface area (Å²) in [5.74, 6) is -1.09. The first kappa shape index (κ1) is 43.6. The number of fused-ring (bicyclic) bond motifs is 2. The van der Waals surface area contributed by atoms with Crippen LogP contribution in [0.5, 0.6) is 0 Å². The molecule has 68 heavy (non-hydrogen) atoms. The lowest BCUT2D eigenvalue weighted by molar-refractivity contribution is -0.136. The molecule has 11 rings (SSSR count). The number of aromatic nitrogens is 4. The van der Waals surface area contributed by atoms with Crippen LogP contribution in [0.2, 0.25) is 0 Å². The molecule has 4 aliphatic heterocycles. The third kappa shape index (κ3) is 8.37. The first-order valence-electron chi connectivity index (χ1n) is 24.1. The van der Waals surface area contributed by atoms with Crippen molar-refractivity contribution >= 4 is 63.8 Å². The Balaban J connectivity index is 0.613. The van der Waals surface area contributed by atoms with E-state index in [9.17, 15) is 28.8 Å². The minimum atomic E-state index is -1.05. The molecule has 1 atom stereocenters. The van der Waals surface area contributed by atoms with Crippen molar-refractivity contribution in [3.05, 3.63) is 108 Å². The first-order valence-corrected chi connectivity index (χ1v) is 24.1. The van der Waals surface area contributed by atoms with Crippen molar-refractivity contribution in [2.45, 2.75) is 101 Å². The van der Waals surface area contributed by atoms with Crippen molar-refractivity contribution in [3.8, 4) is 0 Å². The summed E-state index contributed by atoms with van der Waals surface area (Å²) in [6.07, 6.45) is 12.1. The van der Waals surface area contributed by atoms with Crippen molar-refractivity contribution in [2.24, 2.45) is 5.41 Å². The van der Waals surface area contributed by atoms with Gasteiger partial charge < -0.3 is 30.3 Å². The van der Waals surface area contributed by atoms with Gasteiger partial charge in [0.25, 0.3) is 11.8 Å². The van der Waals surface area contributed by atoms with E-state index in [1.54, 1.807) is 24.5 Å². The summed E-state index contributed by atoms with van der Waals surface area (Å²) in [6, 6.07) is 23.3. The highest BCUT2D eigenvalue weighted by atomic mass is 16.2. The number of likely N-dealkylation sites (tertiary alicyclic amines) is 2. The fourth-order valence-corrected chi connectivity index (χ4v) is 11.6. The standard InChI is InChI=1S/C51H55N11O6/c63-41-14-13-40(48(66)58-41)62-49(67)38-7-4-8-39(44(38)50(62)68)52-28-43(65)60-21-17-51(18-22-60)26-37(27-51)59-19-15-33(16-20-59)32-9-11-34(12-10-32)57-46-45-47(54-29-53-46)61(30-55-45)36-24-35(25-36)56-42(64)23-31-5-2-1-3-6-31/h1-12,29-30,33,35-37,40,52H,13-28H2,(H,56,64)(H,53,54,57)(H,58,63,66)/t35?,36?,40-/m0/s1. The smallest absolute Gasteiger partial charge is 0.264 e. The number of imidazole rings is 1. The van der Waals surface area contributed by atoms with Crippen molar-refractivity contribution in [3.63, 3.8) is 0 Å². The summed E-state index contributed by atoms with van der Waals surface area (Å²) in [7, 11) is 0. The van der Waals surface area contributed by atoms with E-state index in [0.29, 0.717) is 43.0 Å². The Morgan fingerprint density at radius 2 is 1.56 bits per heavy atom. The minimum absolute atomic E-state index is 0.0140. The maximum atomic E-state index is 13.5. The molecular weight excluding hydrogens is 863 g/mol. The fraction of sp³-hybridized carbons (Fsp3) is 0.431. The summed E-state index contributed by atoms with van der Waals surface area (Å²) in [6.45, 7) is 3.53. The van der Waals surface area contributed by atoms with E-state index in [0.717, 1.165) is 91.8 Å². The van der Waals surface area contributed by atoms with Gasteiger partial charge in [0.15, 0.2) is 17.0 Å². The maximum absolute atomic E-state index is 13.5. The Hall–Kier alpha value is -7.01. The number of rotatable bonds is 12. The largest absolute Gasteiger partial charge is 0.375 e. The van der Waals surface area contributed by atoms with Crippen LogP contribution in [-0.2, 0) is 25.6 Å². The van der Waals surface area contributed by atoms with Gasteiger partial charge in [-0.1, -0.05) is 48.5 Å². The molecular formula is C51H55N11O6. The van der Waals surface area contributed by atoms with Crippen LogP contribution in [0.1, 0.15) is 108 Å². The molecule has 3 saturated heterocycles. The molecule has 4 N–H and O–H groups in total. The van der Waals surface area contributed by atoms with Crippen LogP contribution in [0.4, 0.5) is 17.2 Å². The molecule has 2 aliphatic carbocycles. The topological polar surface area (TPSA) is 204 Å². The number of anilines is 3. The summed E-state index contributed by atoms with van der Waals surface area (Å²) in [4.78, 5) is 96.2. The fourth-order valence-electron chi connectivity index (χ4n) is 11.6. The lowest BCUT2D eigenvalue weighted by Gasteiger charge is -2.56. The normalized spacial score (nSPS) is 23.0. The molecule has 1 spiro atoms. The van der Waals surface area contributed by atoms with Crippen LogP contribution < -0.4 is 21.3 Å². The van der Waals surface area contributed by atoms with Crippen molar-refractivity contribution in [1.29, 1.82) is 0 Å². The van der Waals surface area contributed by atoms with E-state index >= 15 is 0 Å². The number of hydrogen-bond acceptors (Lipinski definition) is 12. The molecule has 3 aromatic carbocycles. The highest BCUT2D eigenvalue weighted by molar-refractivity contribution is 6.25. The molecule has 0 bridgehead atoms. The monoisotopic (exact) mass is 917 g/mol. The molecule has 6 amide bonds. The number of hydrogen-bond donors (Lipinski definition) is 4. The Morgan fingerprint density at radius 1 is 0.794 bits per heavy atom. The number of carbonyl (C=O) groups excluding carboxylic acids is 6. The van der Waals surface area contributed by atoms with E-state index in [-0.39, 0.29) is 59.8 Å². The molecule has 0 unspecified atom stereocenters. The molecule has 350 valence electrons. The van der Waals surface area contributed by atoms with Gasteiger partial charge in [0.1, 0.15) is 12.4 Å². The second kappa shape index (κ2) is 17.9. The SMILES string of the molecule is O=C1CC[C@H](N2C(=O)c3cccc(NCC(=O)N4CCC5(CC4)CC(N4CCC(c6ccc(Nc7ncnc8c7ncn8C7CC(NC(=O)Cc8ccccc8)C7)cc6)CC4)C5)c3C2=O)C(=O)N1. The number of amides is 6. The average Bonchev–Trinajstić information content (AvgIpc) is 3.87. The summed E-state index contributed by atoms with van der Waals surface area (Å²) < 4.78 is 2.10. The van der Waals surface area contributed by atoms with Crippen molar-refractivity contribution < 1.29 is 28.8 Å². The molecule has 17 heteroatoms. The lowest BCUT2D eigenvalue weighted by Crippen LogP contribution is -2.57.